The third kappa shape index (κ3) is 3.67. The van der Waals surface area contributed by atoms with Gasteiger partial charge in [0.2, 0.25) is 5.91 Å². The molecular formula is C17H28N2OS. The summed E-state index contributed by atoms with van der Waals surface area (Å²) in [7, 11) is 0. The molecule has 0 bridgehead atoms. The smallest absolute Gasteiger partial charge is 0.241 e. The molecule has 1 amide bonds. The van der Waals surface area contributed by atoms with Gasteiger partial charge < -0.3 is 4.90 Å². The molecule has 2 rings (SSSR count). The molecule has 4 heteroatoms. The molecule has 1 aliphatic heterocycles. The van der Waals surface area contributed by atoms with E-state index in [2.05, 4.69) is 47.8 Å². The largest absolute Gasteiger partial charge is 0.319 e. The molecule has 21 heavy (non-hydrogen) atoms. The predicted molar refractivity (Wildman–Crippen MR) is 89.3 cm³/mol. The summed E-state index contributed by atoms with van der Waals surface area (Å²) < 4.78 is 0. The third-order valence-corrected chi connectivity index (χ3v) is 5.06. The van der Waals surface area contributed by atoms with Gasteiger partial charge in [0, 0.05) is 6.04 Å². The summed E-state index contributed by atoms with van der Waals surface area (Å²) in [6.45, 7) is 6.52. The number of amides is 1. The molecule has 3 atom stereocenters. The van der Waals surface area contributed by atoms with E-state index < -0.39 is 0 Å². The molecule has 1 aromatic rings. The van der Waals surface area contributed by atoms with E-state index in [1.807, 2.05) is 0 Å². The lowest BCUT2D eigenvalue weighted by atomic mass is 10.0. The summed E-state index contributed by atoms with van der Waals surface area (Å²) in [5.74, 6) is 0.295. The predicted octanol–water partition coefficient (Wildman–Crippen LogP) is 4.32. The zero-order valence-corrected chi connectivity index (χ0v) is 14.3. The molecule has 0 spiro atoms. The SMILES string of the molecule is CCCCC(CCC)N1C(=O)C(CC)NC1c1ccsc1. The monoisotopic (exact) mass is 308 g/mol. The molecule has 3 unspecified atom stereocenters. The Morgan fingerprint density at radius 2 is 2.10 bits per heavy atom. The van der Waals surface area contributed by atoms with Crippen LogP contribution in [0.2, 0.25) is 0 Å². The number of thiophene rings is 1. The number of carbonyl (C=O) groups is 1. The number of hydrogen-bond acceptors (Lipinski definition) is 3. The highest BCUT2D eigenvalue weighted by Gasteiger charge is 2.41. The van der Waals surface area contributed by atoms with Crippen LogP contribution in [0.5, 0.6) is 0 Å². The zero-order valence-electron chi connectivity index (χ0n) is 13.5. The number of hydrogen-bond donors (Lipinski definition) is 1. The first kappa shape index (κ1) is 16.5. The Kier molecular flexibility index (Phi) is 6.24. The van der Waals surface area contributed by atoms with Crippen molar-refractivity contribution in [3.05, 3.63) is 22.4 Å². The van der Waals surface area contributed by atoms with Crippen LogP contribution in [0.1, 0.15) is 71.0 Å². The highest BCUT2D eigenvalue weighted by atomic mass is 32.1. The van der Waals surface area contributed by atoms with Crippen molar-refractivity contribution in [1.82, 2.24) is 10.2 Å². The van der Waals surface area contributed by atoms with Gasteiger partial charge in [-0.15, -0.1) is 0 Å². The molecule has 1 saturated heterocycles. The quantitative estimate of drug-likeness (QED) is 0.776. The van der Waals surface area contributed by atoms with E-state index in [-0.39, 0.29) is 12.2 Å². The molecule has 0 saturated carbocycles. The lowest BCUT2D eigenvalue weighted by molar-refractivity contribution is -0.132. The average molecular weight is 308 g/mol. The van der Waals surface area contributed by atoms with Crippen LogP contribution in [0.4, 0.5) is 0 Å². The van der Waals surface area contributed by atoms with Crippen molar-refractivity contribution >= 4 is 17.2 Å². The first-order valence-corrected chi connectivity index (χ1v) is 9.27. The Bertz CT molecular complexity index is 432. The Morgan fingerprint density at radius 1 is 1.29 bits per heavy atom. The summed E-state index contributed by atoms with van der Waals surface area (Å²) in [5.41, 5.74) is 1.24. The Labute approximate surface area is 132 Å². The first-order valence-electron chi connectivity index (χ1n) is 8.33. The van der Waals surface area contributed by atoms with Crippen LogP contribution in [0, 0.1) is 0 Å². The zero-order chi connectivity index (χ0) is 15.2. The van der Waals surface area contributed by atoms with E-state index in [4.69, 9.17) is 0 Å². The van der Waals surface area contributed by atoms with Gasteiger partial charge in [0.25, 0.3) is 0 Å². The molecule has 118 valence electrons. The minimum atomic E-state index is -0.0177. The lowest BCUT2D eigenvalue weighted by Gasteiger charge is -2.32. The number of nitrogens with zero attached hydrogens (tertiary/aromatic N) is 1. The Hall–Kier alpha value is -0.870. The molecule has 3 nitrogen and oxygen atoms in total. The van der Waals surface area contributed by atoms with Gasteiger partial charge in [0.05, 0.1) is 6.04 Å². The van der Waals surface area contributed by atoms with E-state index in [0.29, 0.717) is 11.9 Å². The third-order valence-electron chi connectivity index (χ3n) is 4.36. The summed E-state index contributed by atoms with van der Waals surface area (Å²) >= 11 is 1.70. The average Bonchev–Trinajstić information content (AvgIpc) is 3.11. The van der Waals surface area contributed by atoms with Gasteiger partial charge in [-0.1, -0.05) is 40.0 Å². The van der Waals surface area contributed by atoms with Crippen molar-refractivity contribution in [2.45, 2.75) is 77.5 Å². The van der Waals surface area contributed by atoms with Crippen LogP contribution < -0.4 is 5.32 Å². The Morgan fingerprint density at radius 3 is 2.67 bits per heavy atom. The Balaban J connectivity index is 2.23. The normalized spacial score (nSPS) is 23.8. The van der Waals surface area contributed by atoms with Crippen molar-refractivity contribution in [1.29, 1.82) is 0 Å². The van der Waals surface area contributed by atoms with E-state index in [0.717, 1.165) is 25.7 Å². The van der Waals surface area contributed by atoms with Crippen molar-refractivity contribution in [2.24, 2.45) is 0 Å². The van der Waals surface area contributed by atoms with Gasteiger partial charge in [-0.25, -0.2) is 0 Å². The number of nitrogens with one attached hydrogen (secondary N) is 1. The fourth-order valence-corrected chi connectivity index (χ4v) is 3.89. The highest BCUT2D eigenvalue weighted by molar-refractivity contribution is 7.07. The van der Waals surface area contributed by atoms with Crippen LogP contribution in [0.3, 0.4) is 0 Å². The molecule has 1 aliphatic rings. The maximum atomic E-state index is 12.8. The van der Waals surface area contributed by atoms with Crippen molar-refractivity contribution in [3.63, 3.8) is 0 Å². The minimum Gasteiger partial charge on any atom is -0.319 e. The van der Waals surface area contributed by atoms with Gasteiger partial charge in [0.15, 0.2) is 0 Å². The number of unbranched alkanes of at least 4 members (excludes halogenated alkanes) is 1. The topological polar surface area (TPSA) is 32.3 Å². The first-order chi connectivity index (χ1) is 10.2. The fraction of sp³-hybridized carbons (Fsp3) is 0.706. The molecule has 2 heterocycles. The van der Waals surface area contributed by atoms with E-state index >= 15 is 0 Å². The van der Waals surface area contributed by atoms with Crippen LogP contribution in [-0.2, 0) is 4.79 Å². The molecule has 0 aliphatic carbocycles. The molecule has 1 aromatic heterocycles. The maximum absolute atomic E-state index is 12.8. The maximum Gasteiger partial charge on any atom is 0.241 e. The second-order valence-corrected chi connectivity index (χ2v) is 6.70. The van der Waals surface area contributed by atoms with Crippen molar-refractivity contribution < 1.29 is 4.79 Å². The summed E-state index contributed by atoms with van der Waals surface area (Å²) in [4.78, 5) is 14.9. The molecular weight excluding hydrogens is 280 g/mol. The van der Waals surface area contributed by atoms with E-state index in [1.54, 1.807) is 11.3 Å². The lowest BCUT2D eigenvalue weighted by Crippen LogP contribution is -2.40. The number of carbonyl (C=O) groups excluding carboxylic acids is 1. The summed E-state index contributed by atoms with van der Waals surface area (Å²) in [6, 6.07) is 2.50. The molecule has 1 N–H and O–H groups in total. The second kappa shape index (κ2) is 7.95. The van der Waals surface area contributed by atoms with Crippen molar-refractivity contribution in [3.8, 4) is 0 Å². The highest BCUT2D eigenvalue weighted by Crippen LogP contribution is 2.32. The van der Waals surface area contributed by atoms with Gasteiger partial charge in [-0.3, -0.25) is 10.1 Å². The van der Waals surface area contributed by atoms with Crippen LogP contribution in [-0.4, -0.2) is 22.9 Å². The van der Waals surface area contributed by atoms with Gasteiger partial charge in [-0.2, -0.15) is 11.3 Å². The summed E-state index contributed by atoms with van der Waals surface area (Å²) in [5, 5.41) is 7.80. The van der Waals surface area contributed by atoms with Gasteiger partial charge >= 0.3 is 0 Å². The summed E-state index contributed by atoms with van der Waals surface area (Å²) in [6.07, 6.45) is 6.67. The van der Waals surface area contributed by atoms with E-state index in [9.17, 15) is 4.79 Å². The second-order valence-electron chi connectivity index (χ2n) is 5.92. The van der Waals surface area contributed by atoms with Gasteiger partial charge in [0.1, 0.15) is 6.17 Å². The van der Waals surface area contributed by atoms with Crippen LogP contribution in [0.15, 0.2) is 16.8 Å². The number of rotatable bonds is 8. The standard InChI is InChI=1S/C17H28N2OS/c1-4-7-9-14(8-5-2)19-16(13-10-11-21-12-13)18-15(6-3)17(19)20/h10-12,14-16,18H,4-9H2,1-3H3. The van der Waals surface area contributed by atoms with E-state index in [1.165, 1.54) is 18.4 Å². The molecule has 1 fully saturated rings. The fourth-order valence-electron chi connectivity index (χ4n) is 3.22. The van der Waals surface area contributed by atoms with Gasteiger partial charge in [-0.05, 0) is 41.7 Å². The molecule has 0 radical (unpaired) electrons. The van der Waals surface area contributed by atoms with Crippen LogP contribution in [0.25, 0.3) is 0 Å². The minimum absolute atomic E-state index is 0.0177. The van der Waals surface area contributed by atoms with Crippen LogP contribution >= 0.6 is 11.3 Å². The van der Waals surface area contributed by atoms with Crippen molar-refractivity contribution in [2.75, 3.05) is 0 Å². The molecule has 0 aromatic carbocycles.